The van der Waals surface area contributed by atoms with Crippen molar-refractivity contribution < 1.29 is 9.18 Å². The molecule has 5 aromatic rings. The maximum absolute atomic E-state index is 14.6. The standard InChI is InChI=1S/C26H21FN8O2/c1-28-25-29-13-17-10-18(24(36)35(2)23(17)34-25)16-8-9-19(27)21(11-16)32-26(37)33-22-12-20(30-14-31-22)15-6-4-3-5-7-15/h3-14H,1-2H3,(H,28,29,34)(H2,30,31,32,33,37). The van der Waals surface area contributed by atoms with Gasteiger partial charge in [-0.2, -0.15) is 4.98 Å². The topological polar surface area (TPSA) is 127 Å². The molecule has 0 aliphatic rings. The predicted octanol–water partition coefficient (Wildman–Crippen LogP) is 4.28. The Morgan fingerprint density at radius 2 is 1.76 bits per heavy atom. The first-order valence-corrected chi connectivity index (χ1v) is 11.2. The molecule has 0 aliphatic carbocycles. The maximum atomic E-state index is 14.6. The van der Waals surface area contributed by atoms with Crippen molar-refractivity contribution >= 4 is 34.5 Å². The summed E-state index contributed by atoms with van der Waals surface area (Å²) in [4.78, 5) is 42.5. The Morgan fingerprint density at radius 3 is 2.54 bits per heavy atom. The Labute approximate surface area is 210 Å². The Bertz CT molecular complexity index is 1690. The fourth-order valence-corrected chi connectivity index (χ4v) is 3.82. The minimum absolute atomic E-state index is 0.101. The smallest absolute Gasteiger partial charge is 0.324 e. The number of hydrogen-bond acceptors (Lipinski definition) is 7. The molecule has 0 unspecified atom stereocenters. The van der Waals surface area contributed by atoms with Gasteiger partial charge in [0.15, 0.2) is 0 Å². The van der Waals surface area contributed by atoms with Crippen LogP contribution in [-0.4, -0.2) is 37.6 Å². The molecule has 0 aliphatic heterocycles. The number of rotatable bonds is 5. The molecule has 0 saturated heterocycles. The highest BCUT2D eigenvalue weighted by molar-refractivity contribution is 6.00. The van der Waals surface area contributed by atoms with Crippen LogP contribution in [0.25, 0.3) is 33.4 Å². The molecular weight excluding hydrogens is 475 g/mol. The average Bonchev–Trinajstić information content (AvgIpc) is 2.92. The summed E-state index contributed by atoms with van der Waals surface area (Å²) in [6, 6.07) is 16.0. The fraction of sp³-hybridized carbons (Fsp3) is 0.0769. The number of carbonyl (C=O) groups excluding carboxylic acids is 1. The van der Waals surface area contributed by atoms with Crippen molar-refractivity contribution in [2.24, 2.45) is 7.05 Å². The zero-order valence-electron chi connectivity index (χ0n) is 19.9. The fourth-order valence-electron chi connectivity index (χ4n) is 3.82. The van der Waals surface area contributed by atoms with Crippen LogP contribution in [0.2, 0.25) is 0 Å². The minimum Gasteiger partial charge on any atom is -0.357 e. The van der Waals surface area contributed by atoms with Crippen LogP contribution in [0, 0.1) is 5.82 Å². The van der Waals surface area contributed by atoms with Gasteiger partial charge in [-0.25, -0.2) is 24.1 Å². The van der Waals surface area contributed by atoms with Gasteiger partial charge in [0, 0.05) is 42.9 Å². The van der Waals surface area contributed by atoms with E-state index >= 15 is 0 Å². The third kappa shape index (κ3) is 4.82. The van der Waals surface area contributed by atoms with Gasteiger partial charge in [-0.05, 0) is 23.8 Å². The highest BCUT2D eigenvalue weighted by Gasteiger charge is 2.15. The molecule has 2 amide bonds. The maximum Gasteiger partial charge on any atom is 0.324 e. The van der Waals surface area contributed by atoms with Crippen molar-refractivity contribution in [2.75, 3.05) is 23.0 Å². The highest BCUT2D eigenvalue weighted by atomic mass is 19.1. The largest absolute Gasteiger partial charge is 0.357 e. The average molecular weight is 497 g/mol. The van der Waals surface area contributed by atoms with Gasteiger partial charge in [-0.1, -0.05) is 36.4 Å². The lowest BCUT2D eigenvalue weighted by molar-refractivity contribution is 0.262. The molecule has 0 saturated carbocycles. The van der Waals surface area contributed by atoms with E-state index in [4.69, 9.17) is 0 Å². The van der Waals surface area contributed by atoms with Gasteiger partial charge in [-0.15, -0.1) is 0 Å². The lowest BCUT2D eigenvalue weighted by Gasteiger charge is -2.12. The Hall–Kier alpha value is -5.19. The lowest BCUT2D eigenvalue weighted by atomic mass is 10.1. The van der Waals surface area contributed by atoms with Crippen LogP contribution < -0.4 is 21.5 Å². The van der Waals surface area contributed by atoms with Crippen molar-refractivity contribution in [3.8, 4) is 22.4 Å². The highest BCUT2D eigenvalue weighted by Crippen LogP contribution is 2.25. The van der Waals surface area contributed by atoms with Gasteiger partial charge >= 0.3 is 6.03 Å². The SMILES string of the molecule is CNc1ncc2cc(-c3ccc(F)c(NC(=O)Nc4cc(-c5ccccc5)ncn4)c3)c(=O)n(C)c2n1. The molecule has 37 heavy (non-hydrogen) atoms. The summed E-state index contributed by atoms with van der Waals surface area (Å²) in [5.41, 5.74) is 2.23. The van der Waals surface area contributed by atoms with E-state index in [0.717, 1.165) is 5.56 Å². The van der Waals surface area contributed by atoms with Gasteiger partial charge in [0.05, 0.1) is 11.4 Å². The number of nitrogens with zero attached hydrogens (tertiary/aromatic N) is 5. The van der Waals surface area contributed by atoms with Crippen LogP contribution in [0.1, 0.15) is 0 Å². The molecule has 3 aromatic heterocycles. The predicted molar refractivity (Wildman–Crippen MR) is 140 cm³/mol. The number of aryl methyl sites for hydroxylation is 1. The van der Waals surface area contributed by atoms with E-state index in [0.29, 0.717) is 33.8 Å². The number of nitrogens with one attached hydrogen (secondary N) is 3. The molecule has 11 heteroatoms. The summed E-state index contributed by atoms with van der Waals surface area (Å²) in [7, 11) is 3.28. The van der Waals surface area contributed by atoms with Gasteiger partial charge in [0.1, 0.15) is 23.6 Å². The number of carbonyl (C=O) groups is 1. The van der Waals surface area contributed by atoms with Gasteiger partial charge in [-0.3, -0.25) is 14.7 Å². The van der Waals surface area contributed by atoms with Crippen LogP contribution in [-0.2, 0) is 7.05 Å². The second-order valence-electron chi connectivity index (χ2n) is 8.07. The summed E-state index contributed by atoms with van der Waals surface area (Å²) in [6.45, 7) is 0. The monoisotopic (exact) mass is 496 g/mol. The Kier molecular flexibility index (Phi) is 6.25. The molecule has 0 bridgehead atoms. The lowest BCUT2D eigenvalue weighted by Crippen LogP contribution is -2.22. The van der Waals surface area contributed by atoms with Crippen molar-refractivity contribution in [3.63, 3.8) is 0 Å². The van der Waals surface area contributed by atoms with E-state index in [1.807, 2.05) is 30.3 Å². The molecule has 5 rings (SSSR count). The van der Waals surface area contributed by atoms with Crippen LogP contribution in [0.4, 0.5) is 26.6 Å². The molecular formula is C26H21FN8O2. The number of urea groups is 1. The normalized spacial score (nSPS) is 10.8. The number of benzene rings is 2. The third-order valence-electron chi connectivity index (χ3n) is 5.68. The summed E-state index contributed by atoms with van der Waals surface area (Å²) in [5, 5.41) is 8.54. The summed E-state index contributed by atoms with van der Waals surface area (Å²) in [6.07, 6.45) is 2.93. The Morgan fingerprint density at radius 1 is 0.946 bits per heavy atom. The number of pyridine rings is 1. The summed E-state index contributed by atoms with van der Waals surface area (Å²) in [5.74, 6) is -0.0347. The van der Waals surface area contributed by atoms with Gasteiger partial charge in [0.25, 0.3) is 5.56 Å². The van der Waals surface area contributed by atoms with Crippen LogP contribution in [0.5, 0.6) is 0 Å². The van der Waals surface area contributed by atoms with Crippen molar-refractivity contribution in [2.45, 2.75) is 0 Å². The van der Waals surface area contributed by atoms with Gasteiger partial charge in [0.2, 0.25) is 5.95 Å². The molecule has 10 nitrogen and oxygen atoms in total. The van der Waals surface area contributed by atoms with E-state index in [-0.39, 0.29) is 17.1 Å². The molecule has 0 spiro atoms. The zero-order chi connectivity index (χ0) is 25.9. The van der Waals surface area contributed by atoms with Crippen LogP contribution in [0.15, 0.2) is 78.0 Å². The number of amides is 2. The molecule has 0 radical (unpaired) electrons. The molecule has 3 N–H and O–H groups in total. The summed E-state index contributed by atoms with van der Waals surface area (Å²) >= 11 is 0. The molecule has 0 fully saturated rings. The van der Waals surface area contributed by atoms with Crippen LogP contribution >= 0.6 is 0 Å². The van der Waals surface area contributed by atoms with Crippen molar-refractivity contribution in [3.05, 3.63) is 89.4 Å². The van der Waals surface area contributed by atoms with E-state index in [1.165, 1.54) is 29.1 Å². The zero-order valence-corrected chi connectivity index (χ0v) is 19.9. The van der Waals surface area contributed by atoms with Crippen LogP contribution in [0.3, 0.4) is 0 Å². The minimum atomic E-state index is -0.701. The molecule has 2 aromatic carbocycles. The van der Waals surface area contributed by atoms with Crippen molar-refractivity contribution in [1.82, 2.24) is 24.5 Å². The Balaban J connectivity index is 1.41. The second-order valence-corrected chi connectivity index (χ2v) is 8.07. The van der Waals surface area contributed by atoms with E-state index in [9.17, 15) is 14.0 Å². The number of fused-ring (bicyclic) bond motifs is 1. The number of hydrogen-bond donors (Lipinski definition) is 3. The molecule has 0 atom stereocenters. The van der Waals surface area contributed by atoms with Gasteiger partial charge < -0.3 is 10.6 Å². The first-order chi connectivity index (χ1) is 17.9. The van der Waals surface area contributed by atoms with E-state index in [1.54, 1.807) is 32.4 Å². The molecule has 3 heterocycles. The van der Waals surface area contributed by atoms with E-state index < -0.39 is 11.8 Å². The second kappa shape index (κ2) is 9.82. The quantitative estimate of drug-likeness (QED) is 0.332. The first-order valence-electron chi connectivity index (χ1n) is 11.2. The number of aromatic nitrogens is 5. The summed E-state index contributed by atoms with van der Waals surface area (Å²) < 4.78 is 16.0. The van der Waals surface area contributed by atoms with E-state index in [2.05, 4.69) is 35.9 Å². The number of halogens is 1. The third-order valence-corrected chi connectivity index (χ3v) is 5.68. The number of anilines is 3. The molecule has 184 valence electrons. The van der Waals surface area contributed by atoms with Crippen molar-refractivity contribution in [1.29, 1.82) is 0 Å². The first kappa shape index (κ1) is 23.5.